The summed E-state index contributed by atoms with van der Waals surface area (Å²) in [6.45, 7) is 2.58. The average molecular weight is 276 g/mol. The molecule has 0 spiro atoms. The summed E-state index contributed by atoms with van der Waals surface area (Å²) in [5.74, 6) is 0. The summed E-state index contributed by atoms with van der Waals surface area (Å²) < 4.78 is 1.24. The number of rotatable bonds is 2. The molecule has 0 heterocycles. The van der Waals surface area contributed by atoms with Crippen LogP contribution in [0.5, 0.6) is 0 Å². The summed E-state index contributed by atoms with van der Waals surface area (Å²) in [4.78, 5) is 0. The maximum absolute atomic E-state index is 5.78. The van der Waals surface area contributed by atoms with E-state index in [0.717, 1.165) is 5.56 Å². The highest BCUT2D eigenvalue weighted by Gasteiger charge is 2.04. The molecule has 0 bridgehead atoms. The molecule has 4 N–H and O–H groups in total. The first-order chi connectivity index (χ1) is 5.65. The minimum Gasteiger partial charge on any atom is -0.329 e. The Kier molecular flexibility index (Phi) is 3.49. The largest absolute Gasteiger partial charge is 0.329 e. The summed E-state index contributed by atoms with van der Waals surface area (Å²) in [7, 11) is 0. The lowest BCUT2D eigenvalue weighted by Crippen LogP contribution is -2.20. The van der Waals surface area contributed by atoms with Crippen LogP contribution in [0.15, 0.2) is 18.2 Å². The monoisotopic (exact) mass is 276 g/mol. The van der Waals surface area contributed by atoms with Gasteiger partial charge in [0.15, 0.2) is 0 Å². The van der Waals surface area contributed by atoms with E-state index in [2.05, 4.69) is 41.6 Å². The first kappa shape index (κ1) is 9.95. The van der Waals surface area contributed by atoms with Crippen molar-refractivity contribution in [2.75, 3.05) is 6.54 Å². The first-order valence-corrected chi connectivity index (χ1v) is 4.94. The third-order valence-corrected chi connectivity index (χ3v) is 3.04. The molecular weight excluding hydrogens is 263 g/mol. The van der Waals surface area contributed by atoms with E-state index in [4.69, 9.17) is 11.5 Å². The zero-order chi connectivity index (χ0) is 9.14. The van der Waals surface area contributed by atoms with Gasteiger partial charge in [-0.2, -0.15) is 0 Å². The van der Waals surface area contributed by atoms with Gasteiger partial charge in [-0.3, -0.25) is 0 Å². The van der Waals surface area contributed by atoms with Crippen LogP contribution in [0.4, 0.5) is 0 Å². The second kappa shape index (κ2) is 4.20. The van der Waals surface area contributed by atoms with Crippen LogP contribution in [0, 0.1) is 10.5 Å². The molecule has 3 heteroatoms. The smallest absolute Gasteiger partial charge is 0.0419 e. The Morgan fingerprint density at radius 3 is 2.67 bits per heavy atom. The fourth-order valence-corrected chi connectivity index (χ4v) is 1.52. The maximum Gasteiger partial charge on any atom is 0.0419 e. The molecule has 0 amide bonds. The molecule has 1 aromatic carbocycles. The minimum absolute atomic E-state index is 0.0286. The van der Waals surface area contributed by atoms with Gasteiger partial charge in [0.25, 0.3) is 0 Å². The first-order valence-electron chi connectivity index (χ1n) is 3.87. The van der Waals surface area contributed by atoms with Crippen molar-refractivity contribution in [1.82, 2.24) is 0 Å². The Morgan fingerprint density at radius 1 is 1.50 bits per heavy atom. The Hall–Kier alpha value is -0.130. The van der Waals surface area contributed by atoms with Crippen LogP contribution < -0.4 is 11.5 Å². The van der Waals surface area contributed by atoms with E-state index in [-0.39, 0.29) is 6.04 Å². The van der Waals surface area contributed by atoms with Gasteiger partial charge in [0.1, 0.15) is 0 Å². The number of halogens is 1. The second-order valence-corrected chi connectivity index (χ2v) is 4.01. The number of hydrogen-bond donors (Lipinski definition) is 2. The van der Waals surface area contributed by atoms with Crippen LogP contribution in [0.1, 0.15) is 17.2 Å². The van der Waals surface area contributed by atoms with E-state index >= 15 is 0 Å². The summed E-state index contributed by atoms with van der Waals surface area (Å²) in [6.07, 6.45) is 0. The van der Waals surface area contributed by atoms with Crippen molar-refractivity contribution in [3.8, 4) is 0 Å². The van der Waals surface area contributed by atoms with E-state index in [1.54, 1.807) is 0 Å². The summed E-state index contributed by atoms with van der Waals surface area (Å²) in [5, 5.41) is 0. The topological polar surface area (TPSA) is 52.0 Å². The van der Waals surface area contributed by atoms with Crippen molar-refractivity contribution >= 4 is 22.6 Å². The van der Waals surface area contributed by atoms with Crippen molar-refractivity contribution in [3.05, 3.63) is 32.9 Å². The van der Waals surface area contributed by atoms with Crippen LogP contribution >= 0.6 is 22.6 Å². The summed E-state index contributed by atoms with van der Waals surface area (Å²) >= 11 is 2.30. The van der Waals surface area contributed by atoms with Crippen LogP contribution in [0.3, 0.4) is 0 Å². The minimum atomic E-state index is -0.0286. The summed E-state index contributed by atoms with van der Waals surface area (Å²) in [6, 6.07) is 6.17. The highest BCUT2D eigenvalue weighted by Crippen LogP contribution is 2.16. The van der Waals surface area contributed by atoms with Gasteiger partial charge in [-0.25, -0.2) is 0 Å². The zero-order valence-electron chi connectivity index (χ0n) is 7.05. The second-order valence-electron chi connectivity index (χ2n) is 2.85. The molecular formula is C9H13IN2. The molecule has 66 valence electrons. The molecule has 12 heavy (non-hydrogen) atoms. The SMILES string of the molecule is Cc1ccc([C@@H](N)CN)cc1I. The zero-order valence-corrected chi connectivity index (χ0v) is 9.21. The fourth-order valence-electron chi connectivity index (χ4n) is 0.976. The van der Waals surface area contributed by atoms with Crippen LogP contribution in [0.25, 0.3) is 0 Å². The Balaban J connectivity index is 2.96. The van der Waals surface area contributed by atoms with Crippen molar-refractivity contribution < 1.29 is 0 Å². The van der Waals surface area contributed by atoms with E-state index in [9.17, 15) is 0 Å². The molecule has 0 radical (unpaired) electrons. The molecule has 0 unspecified atom stereocenters. The van der Waals surface area contributed by atoms with Gasteiger partial charge in [0.2, 0.25) is 0 Å². The molecule has 0 aliphatic rings. The standard InChI is InChI=1S/C9H13IN2/c1-6-2-3-7(4-8(6)10)9(12)5-11/h2-4,9H,5,11-12H2,1H3/t9-/m0/s1. The highest BCUT2D eigenvalue weighted by molar-refractivity contribution is 14.1. The lowest BCUT2D eigenvalue weighted by Gasteiger charge is -2.10. The number of nitrogens with two attached hydrogens (primary N) is 2. The maximum atomic E-state index is 5.78. The predicted molar refractivity (Wildman–Crippen MR) is 59.9 cm³/mol. The molecule has 2 nitrogen and oxygen atoms in total. The lowest BCUT2D eigenvalue weighted by molar-refractivity contribution is 0.736. The van der Waals surface area contributed by atoms with Gasteiger partial charge >= 0.3 is 0 Å². The lowest BCUT2D eigenvalue weighted by atomic mass is 10.1. The molecule has 0 aliphatic carbocycles. The quantitative estimate of drug-likeness (QED) is 0.805. The summed E-state index contributed by atoms with van der Waals surface area (Å²) in [5.41, 5.74) is 13.6. The van der Waals surface area contributed by atoms with Crippen molar-refractivity contribution in [2.45, 2.75) is 13.0 Å². The van der Waals surface area contributed by atoms with E-state index in [1.165, 1.54) is 9.13 Å². The molecule has 1 atom stereocenters. The van der Waals surface area contributed by atoms with Gasteiger partial charge in [-0.05, 0) is 46.7 Å². The van der Waals surface area contributed by atoms with Crippen molar-refractivity contribution in [1.29, 1.82) is 0 Å². The predicted octanol–water partition coefficient (Wildman–Crippen LogP) is 1.56. The normalized spacial score (nSPS) is 13.0. The Labute approximate surface area is 86.5 Å². The average Bonchev–Trinajstić information content (AvgIpc) is 2.08. The van der Waals surface area contributed by atoms with Crippen LogP contribution in [-0.4, -0.2) is 6.54 Å². The van der Waals surface area contributed by atoms with Gasteiger partial charge < -0.3 is 11.5 Å². The molecule has 1 rings (SSSR count). The van der Waals surface area contributed by atoms with Gasteiger partial charge in [0, 0.05) is 16.2 Å². The van der Waals surface area contributed by atoms with Crippen molar-refractivity contribution in [3.63, 3.8) is 0 Å². The number of aryl methyl sites for hydroxylation is 1. The fraction of sp³-hybridized carbons (Fsp3) is 0.333. The van der Waals surface area contributed by atoms with Gasteiger partial charge in [0.05, 0.1) is 0 Å². The number of benzene rings is 1. The molecule has 1 aromatic rings. The molecule has 0 aliphatic heterocycles. The third kappa shape index (κ3) is 2.18. The van der Waals surface area contributed by atoms with Crippen LogP contribution in [0.2, 0.25) is 0 Å². The highest BCUT2D eigenvalue weighted by atomic mass is 127. The number of hydrogen-bond acceptors (Lipinski definition) is 2. The van der Waals surface area contributed by atoms with Crippen molar-refractivity contribution in [2.24, 2.45) is 11.5 Å². The van der Waals surface area contributed by atoms with Gasteiger partial charge in [-0.1, -0.05) is 12.1 Å². The molecule has 0 saturated heterocycles. The Bertz CT molecular complexity index is 273. The van der Waals surface area contributed by atoms with Gasteiger partial charge in [-0.15, -0.1) is 0 Å². The van der Waals surface area contributed by atoms with E-state index in [0.29, 0.717) is 6.54 Å². The molecule has 0 fully saturated rings. The molecule has 0 aromatic heterocycles. The Morgan fingerprint density at radius 2 is 2.17 bits per heavy atom. The molecule has 0 saturated carbocycles. The van der Waals surface area contributed by atoms with Crippen LogP contribution in [-0.2, 0) is 0 Å². The third-order valence-electron chi connectivity index (χ3n) is 1.88. The van der Waals surface area contributed by atoms with E-state index in [1.807, 2.05) is 6.07 Å². The van der Waals surface area contributed by atoms with E-state index < -0.39 is 0 Å².